The Morgan fingerprint density at radius 3 is 2.21 bits per heavy atom. The smallest absolute Gasteiger partial charge is 0.550 e. The molecule has 3 rings (SSSR count). The van der Waals surface area contributed by atoms with E-state index in [-0.39, 0.29) is 49.6 Å². The number of nitrogens with zero attached hydrogens (tertiary/aromatic N) is 2. The summed E-state index contributed by atoms with van der Waals surface area (Å²) >= 11 is 0. The molecule has 1 saturated heterocycles. The van der Waals surface area contributed by atoms with Gasteiger partial charge in [0.15, 0.2) is 0 Å². The molecule has 8 heteroatoms. The molecular weight excluding hydrogens is 425 g/mol. The molecule has 0 bridgehead atoms. The SMILES string of the molecule is CCC(=O)N(c1ccc(NC(=O)CCC(=O)[O-])cc1)C1CCN(C(C)c2ccccc2)CC1.[Li+]. The Balaban J connectivity index is 0.00000408. The molecule has 0 saturated carbocycles. The van der Waals surface area contributed by atoms with Gasteiger partial charge in [-0.15, -0.1) is 0 Å². The van der Waals surface area contributed by atoms with Crippen molar-refractivity contribution >= 4 is 29.2 Å². The Morgan fingerprint density at radius 1 is 1.03 bits per heavy atom. The van der Waals surface area contributed by atoms with E-state index in [1.54, 1.807) is 12.1 Å². The average Bonchev–Trinajstić information content (AvgIpc) is 2.84. The quantitative estimate of drug-likeness (QED) is 0.541. The van der Waals surface area contributed by atoms with Crippen LogP contribution in [0.2, 0.25) is 0 Å². The van der Waals surface area contributed by atoms with E-state index in [1.165, 1.54) is 5.56 Å². The fraction of sp³-hybridized carbons (Fsp3) is 0.423. The third-order valence-corrected chi connectivity index (χ3v) is 6.25. The van der Waals surface area contributed by atoms with Crippen LogP contribution < -0.4 is 34.2 Å². The second kappa shape index (κ2) is 13.3. The van der Waals surface area contributed by atoms with Gasteiger partial charge in [-0.05, 0) is 56.0 Å². The fourth-order valence-corrected chi connectivity index (χ4v) is 4.35. The first-order chi connectivity index (χ1) is 15.9. The van der Waals surface area contributed by atoms with Crippen LogP contribution in [0.15, 0.2) is 54.6 Å². The Morgan fingerprint density at radius 2 is 1.65 bits per heavy atom. The summed E-state index contributed by atoms with van der Waals surface area (Å²) in [5.74, 6) is -1.55. The third kappa shape index (κ3) is 7.46. The number of hydrogen-bond acceptors (Lipinski definition) is 5. The van der Waals surface area contributed by atoms with Crippen molar-refractivity contribution in [2.45, 2.75) is 58.0 Å². The van der Waals surface area contributed by atoms with Crippen LogP contribution in [-0.2, 0) is 14.4 Å². The van der Waals surface area contributed by atoms with E-state index in [0.29, 0.717) is 18.2 Å². The van der Waals surface area contributed by atoms with E-state index in [2.05, 4.69) is 41.4 Å². The Bertz CT molecular complexity index is 944. The summed E-state index contributed by atoms with van der Waals surface area (Å²) in [7, 11) is 0. The molecule has 0 radical (unpaired) electrons. The van der Waals surface area contributed by atoms with Crippen molar-refractivity contribution in [3.8, 4) is 0 Å². The molecule has 1 atom stereocenters. The van der Waals surface area contributed by atoms with E-state index >= 15 is 0 Å². The van der Waals surface area contributed by atoms with Gasteiger partial charge in [0.05, 0.1) is 0 Å². The molecule has 1 aliphatic heterocycles. The van der Waals surface area contributed by atoms with Gasteiger partial charge in [0.2, 0.25) is 11.8 Å². The summed E-state index contributed by atoms with van der Waals surface area (Å²) in [6.45, 7) is 5.93. The first-order valence-electron chi connectivity index (χ1n) is 11.6. The van der Waals surface area contributed by atoms with Gasteiger partial charge in [-0.1, -0.05) is 37.3 Å². The molecule has 0 aromatic heterocycles. The van der Waals surface area contributed by atoms with Gasteiger partial charge in [-0.2, -0.15) is 0 Å². The van der Waals surface area contributed by atoms with Gasteiger partial charge < -0.3 is 20.1 Å². The number of anilines is 2. The van der Waals surface area contributed by atoms with Crippen LogP contribution in [0.4, 0.5) is 11.4 Å². The Hall–Kier alpha value is -2.59. The molecule has 0 spiro atoms. The number of likely N-dealkylation sites (tertiary alicyclic amines) is 1. The second-order valence-corrected chi connectivity index (χ2v) is 8.44. The molecule has 1 unspecified atom stereocenters. The van der Waals surface area contributed by atoms with Crippen molar-refractivity contribution in [2.75, 3.05) is 23.3 Å². The molecule has 1 aliphatic rings. The second-order valence-electron chi connectivity index (χ2n) is 8.44. The minimum Gasteiger partial charge on any atom is -0.550 e. The van der Waals surface area contributed by atoms with Crippen LogP contribution >= 0.6 is 0 Å². The number of carboxylic acid groups (broad SMARTS) is 1. The number of carbonyl (C=O) groups excluding carboxylic acids is 3. The number of rotatable bonds is 9. The number of aliphatic carboxylic acids is 1. The topological polar surface area (TPSA) is 92.8 Å². The zero-order chi connectivity index (χ0) is 23.8. The summed E-state index contributed by atoms with van der Waals surface area (Å²) in [5.41, 5.74) is 2.68. The van der Waals surface area contributed by atoms with E-state index < -0.39 is 5.97 Å². The zero-order valence-electron chi connectivity index (χ0n) is 20.3. The summed E-state index contributed by atoms with van der Waals surface area (Å²) in [6.07, 6.45) is 1.76. The minimum absolute atomic E-state index is 0. The summed E-state index contributed by atoms with van der Waals surface area (Å²) < 4.78 is 0. The number of hydrogen-bond donors (Lipinski definition) is 1. The summed E-state index contributed by atoms with van der Waals surface area (Å²) in [6, 6.07) is 18.1. The standard InChI is InChI=1S/C26H33N3O4.Li/c1-3-25(31)29(22-11-9-21(10-12-22)27-24(30)13-14-26(32)33)23-15-17-28(18-16-23)19(2)20-7-5-4-6-8-20;/h4-12,19,23H,3,13-18H2,1-2H3,(H,27,30)(H,32,33);/q;+1/p-1. The predicted octanol–water partition coefficient (Wildman–Crippen LogP) is 0.128. The van der Waals surface area contributed by atoms with Gasteiger partial charge in [0.25, 0.3) is 0 Å². The van der Waals surface area contributed by atoms with Crippen LogP contribution in [-0.4, -0.2) is 41.8 Å². The van der Waals surface area contributed by atoms with Gasteiger partial charge in [-0.3, -0.25) is 14.5 Å². The molecule has 7 nitrogen and oxygen atoms in total. The molecule has 1 heterocycles. The van der Waals surface area contributed by atoms with Crippen LogP contribution in [0.3, 0.4) is 0 Å². The van der Waals surface area contributed by atoms with Crippen molar-refractivity contribution in [1.82, 2.24) is 4.90 Å². The predicted molar refractivity (Wildman–Crippen MR) is 127 cm³/mol. The number of piperidine rings is 1. The Labute approximate surface area is 213 Å². The van der Waals surface area contributed by atoms with Gasteiger partial charge >= 0.3 is 18.9 Å². The van der Waals surface area contributed by atoms with E-state index in [1.807, 2.05) is 30.0 Å². The maximum absolute atomic E-state index is 12.8. The molecule has 34 heavy (non-hydrogen) atoms. The normalized spacial score (nSPS) is 15.1. The van der Waals surface area contributed by atoms with E-state index in [0.717, 1.165) is 31.6 Å². The van der Waals surface area contributed by atoms with Crippen molar-refractivity contribution in [2.24, 2.45) is 0 Å². The molecule has 176 valence electrons. The average molecular weight is 458 g/mol. The largest absolute Gasteiger partial charge is 1.00 e. The van der Waals surface area contributed by atoms with Crippen molar-refractivity contribution < 1.29 is 38.4 Å². The molecule has 0 aliphatic carbocycles. The van der Waals surface area contributed by atoms with Crippen LogP contribution in [0, 0.1) is 0 Å². The number of carbonyl (C=O) groups is 3. The Kier molecular flexibility index (Phi) is 10.8. The monoisotopic (exact) mass is 457 g/mol. The van der Waals surface area contributed by atoms with Gasteiger partial charge in [0, 0.05) is 55.4 Å². The number of carboxylic acids is 1. The van der Waals surface area contributed by atoms with Crippen molar-refractivity contribution in [1.29, 1.82) is 0 Å². The number of amides is 2. The third-order valence-electron chi connectivity index (χ3n) is 6.25. The van der Waals surface area contributed by atoms with E-state index in [9.17, 15) is 19.5 Å². The first kappa shape index (κ1) is 27.7. The minimum atomic E-state index is -1.25. The van der Waals surface area contributed by atoms with Crippen LogP contribution in [0.25, 0.3) is 0 Å². The van der Waals surface area contributed by atoms with Crippen LogP contribution in [0.1, 0.15) is 57.6 Å². The molecular formula is C26H32LiN3O4. The molecule has 1 N–H and O–H groups in total. The fourth-order valence-electron chi connectivity index (χ4n) is 4.35. The van der Waals surface area contributed by atoms with Gasteiger partial charge in [-0.25, -0.2) is 0 Å². The molecule has 2 amide bonds. The maximum atomic E-state index is 12.8. The van der Waals surface area contributed by atoms with Crippen molar-refractivity contribution in [3.63, 3.8) is 0 Å². The summed E-state index contributed by atoms with van der Waals surface area (Å²) in [4.78, 5) is 39.6. The van der Waals surface area contributed by atoms with Crippen LogP contribution in [0.5, 0.6) is 0 Å². The number of benzene rings is 2. The first-order valence-corrected chi connectivity index (χ1v) is 11.6. The molecule has 2 aromatic rings. The van der Waals surface area contributed by atoms with E-state index in [4.69, 9.17) is 0 Å². The van der Waals surface area contributed by atoms with Crippen molar-refractivity contribution in [3.05, 3.63) is 60.2 Å². The maximum Gasteiger partial charge on any atom is 1.00 e. The van der Waals surface area contributed by atoms with Gasteiger partial charge in [0.1, 0.15) is 0 Å². The zero-order valence-corrected chi connectivity index (χ0v) is 20.3. The summed E-state index contributed by atoms with van der Waals surface area (Å²) in [5, 5.41) is 13.2. The number of nitrogens with one attached hydrogen (secondary N) is 1. The molecule has 1 fully saturated rings. The molecule has 2 aromatic carbocycles.